The van der Waals surface area contributed by atoms with E-state index >= 15 is 0 Å². The molecule has 0 N–H and O–H groups in total. The minimum Gasteiger partial charge on any atom is -0.496 e. The first kappa shape index (κ1) is 22.1. The van der Waals surface area contributed by atoms with E-state index < -0.39 is 20.0 Å². The molecule has 0 fully saturated rings. The van der Waals surface area contributed by atoms with Crippen LogP contribution in [-0.4, -0.2) is 34.7 Å². The molecule has 0 aromatic heterocycles. The first-order valence-corrected chi connectivity index (χ1v) is 10.7. The van der Waals surface area contributed by atoms with Crippen LogP contribution >= 0.6 is 0 Å². The van der Waals surface area contributed by atoms with Crippen LogP contribution in [0.15, 0.2) is 71.6 Å². The van der Waals surface area contributed by atoms with E-state index in [1.807, 2.05) is 0 Å². The van der Waals surface area contributed by atoms with Gasteiger partial charge in [-0.25, -0.2) is 8.42 Å². The van der Waals surface area contributed by atoms with Gasteiger partial charge in [0.15, 0.2) is 9.84 Å². The van der Waals surface area contributed by atoms with Crippen LogP contribution in [0.2, 0.25) is 0 Å². The maximum atomic E-state index is 13.8. The molecule has 0 spiro atoms. The first-order valence-electron chi connectivity index (χ1n) is 9.16. The van der Waals surface area contributed by atoms with Gasteiger partial charge < -0.3 is 14.2 Å². The van der Waals surface area contributed by atoms with E-state index in [1.165, 1.54) is 57.7 Å². The van der Waals surface area contributed by atoms with Gasteiger partial charge in [0, 0.05) is 24.3 Å². The topological polar surface area (TPSA) is 105 Å². The molecule has 0 radical (unpaired) electrons. The molecule has 1 unspecified atom stereocenters. The third kappa shape index (κ3) is 4.31. The van der Waals surface area contributed by atoms with Gasteiger partial charge in [0.1, 0.15) is 22.5 Å². The Hall–Kier alpha value is -3.59. The largest absolute Gasteiger partial charge is 0.496 e. The van der Waals surface area contributed by atoms with Crippen molar-refractivity contribution in [3.8, 4) is 17.2 Å². The number of rotatable bonds is 8. The Morgan fingerprint density at radius 2 is 1.39 bits per heavy atom. The fourth-order valence-electron chi connectivity index (χ4n) is 3.31. The van der Waals surface area contributed by atoms with Crippen LogP contribution in [0, 0.1) is 10.1 Å². The molecule has 0 aliphatic rings. The Labute approximate surface area is 180 Å². The molecule has 0 aliphatic carbocycles. The Kier molecular flexibility index (Phi) is 6.45. The predicted octanol–water partition coefficient (Wildman–Crippen LogP) is 4.18. The lowest BCUT2D eigenvalue weighted by Crippen LogP contribution is -2.17. The summed E-state index contributed by atoms with van der Waals surface area (Å²) in [7, 11) is 0.312. The third-order valence-electron chi connectivity index (χ3n) is 4.80. The number of nitro benzene ring substituents is 1. The van der Waals surface area contributed by atoms with Crippen molar-refractivity contribution in [2.75, 3.05) is 21.3 Å². The fraction of sp³-hybridized carbons (Fsp3) is 0.182. The zero-order valence-corrected chi connectivity index (χ0v) is 18.0. The van der Waals surface area contributed by atoms with E-state index in [4.69, 9.17) is 14.2 Å². The SMILES string of the molecule is COc1cc(OC)c(C(c2ccc([N+](=O)[O-])cc2)S(=O)(=O)c2ccccc2)c(OC)c1. The van der Waals surface area contributed by atoms with E-state index in [1.54, 1.807) is 30.3 Å². The molecule has 162 valence electrons. The molecule has 0 heterocycles. The third-order valence-corrected chi connectivity index (χ3v) is 6.86. The molecule has 3 aromatic rings. The molecule has 0 saturated carbocycles. The van der Waals surface area contributed by atoms with Gasteiger partial charge in [-0.05, 0) is 17.7 Å². The molecular weight excluding hydrogens is 422 g/mol. The highest BCUT2D eigenvalue weighted by atomic mass is 32.2. The van der Waals surface area contributed by atoms with Gasteiger partial charge in [0.05, 0.1) is 36.7 Å². The number of non-ortho nitro benzene ring substituents is 1. The summed E-state index contributed by atoms with van der Waals surface area (Å²) in [6.07, 6.45) is 0. The van der Waals surface area contributed by atoms with Crippen molar-refractivity contribution in [3.63, 3.8) is 0 Å². The molecule has 3 rings (SSSR count). The van der Waals surface area contributed by atoms with Crippen molar-refractivity contribution in [2.24, 2.45) is 0 Å². The van der Waals surface area contributed by atoms with Crippen LogP contribution in [0.3, 0.4) is 0 Å². The van der Waals surface area contributed by atoms with E-state index in [2.05, 4.69) is 0 Å². The average molecular weight is 443 g/mol. The number of hydrogen-bond acceptors (Lipinski definition) is 7. The molecule has 8 nitrogen and oxygen atoms in total. The van der Waals surface area contributed by atoms with Crippen LogP contribution in [0.5, 0.6) is 17.2 Å². The summed E-state index contributed by atoms with van der Waals surface area (Å²) < 4.78 is 43.8. The Bertz CT molecular complexity index is 1150. The highest BCUT2D eigenvalue weighted by Gasteiger charge is 2.36. The van der Waals surface area contributed by atoms with Crippen molar-refractivity contribution in [2.45, 2.75) is 10.1 Å². The van der Waals surface area contributed by atoms with Gasteiger partial charge in [0.25, 0.3) is 5.69 Å². The number of benzene rings is 3. The second-order valence-electron chi connectivity index (χ2n) is 6.53. The fourth-order valence-corrected chi connectivity index (χ4v) is 5.18. The number of nitrogens with zero attached hydrogens (tertiary/aromatic N) is 1. The summed E-state index contributed by atoms with van der Waals surface area (Å²) >= 11 is 0. The van der Waals surface area contributed by atoms with Crippen molar-refractivity contribution < 1.29 is 27.6 Å². The Balaban J connectivity index is 2.33. The smallest absolute Gasteiger partial charge is 0.269 e. The van der Waals surface area contributed by atoms with Crippen molar-refractivity contribution >= 4 is 15.5 Å². The second kappa shape index (κ2) is 9.05. The minimum atomic E-state index is -4.00. The van der Waals surface area contributed by atoms with Crippen molar-refractivity contribution in [1.29, 1.82) is 0 Å². The molecular formula is C22H21NO7S. The van der Waals surface area contributed by atoms with Gasteiger partial charge in [-0.3, -0.25) is 10.1 Å². The molecule has 3 aromatic carbocycles. The van der Waals surface area contributed by atoms with E-state index in [0.717, 1.165) is 0 Å². The number of nitro groups is 1. The molecule has 1 atom stereocenters. The van der Waals surface area contributed by atoms with Crippen LogP contribution in [-0.2, 0) is 9.84 Å². The van der Waals surface area contributed by atoms with Crippen LogP contribution in [0.1, 0.15) is 16.4 Å². The zero-order valence-electron chi connectivity index (χ0n) is 17.1. The summed E-state index contributed by atoms with van der Waals surface area (Å²) in [4.78, 5) is 10.6. The van der Waals surface area contributed by atoms with E-state index in [9.17, 15) is 18.5 Å². The Morgan fingerprint density at radius 1 is 0.839 bits per heavy atom. The van der Waals surface area contributed by atoms with Gasteiger partial charge in [0.2, 0.25) is 0 Å². The molecule has 9 heteroatoms. The normalized spacial score (nSPS) is 12.1. The van der Waals surface area contributed by atoms with Gasteiger partial charge in [-0.1, -0.05) is 30.3 Å². The highest BCUT2D eigenvalue weighted by molar-refractivity contribution is 7.92. The predicted molar refractivity (Wildman–Crippen MR) is 115 cm³/mol. The number of ether oxygens (including phenoxy) is 3. The van der Waals surface area contributed by atoms with Gasteiger partial charge in [-0.2, -0.15) is 0 Å². The highest BCUT2D eigenvalue weighted by Crippen LogP contribution is 2.46. The summed E-state index contributed by atoms with van der Waals surface area (Å²) in [5.41, 5.74) is 0.452. The maximum Gasteiger partial charge on any atom is 0.269 e. The maximum absolute atomic E-state index is 13.8. The van der Waals surface area contributed by atoms with Gasteiger partial charge >= 0.3 is 0 Å². The Morgan fingerprint density at radius 3 is 1.84 bits per heavy atom. The summed E-state index contributed by atoms with van der Waals surface area (Å²) in [6.45, 7) is 0. The number of methoxy groups -OCH3 is 3. The molecule has 0 aliphatic heterocycles. The standard InChI is InChI=1S/C22H21NO7S/c1-28-17-13-19(29-2)21(20(14-17)30-3)22(15-9-11-16(12-10-15)23(24)25)31(26,27)18-7-5-4-6-8-18/h4-14,22H,1-3H3. The van der Waals surface area contributed by atoms with Crippen molar-refractivity contribution in [1.82, 2.24) is 0 Å². The van der Waals surface area contributed by atoms with Crippen LogP contribution < -0.4 is 14.2 Å². The van der Waals surface area contributed by atoms with E-state index in [0.29, 0.717) is 11.3 Å². The first-order chi connectivity index (χ1) is 14.8. The lowest BCUT2D eigenvalue weighted by molar-refractivity contribution is -0.384. The summed E-state index contributed by atoms with van der Waals surface area (Å²) in [5, 5.41) is 9.83. The van der Waals surface area contributed by atoms with E-state index in [-0.39, 0.29) is 27.6 Å². The van der Waals surface area contributed by atoms with Crippen LogP contribution in [0.4, 0.5) is 5.69 Å². The monoisotopic (exact) mass is 443 g/mol. The lowest BCUT2D eigenvalue weighted by Gasteiger charge is -2.24. The molecule has 0 saturated heterocycles. The number of hydrogen-bond donors (Lipinski definition) is 0. The van der Waals surface area contributed by atoms with Crippen LogP contribution in [0.25, 0.3) is 0 Å². The average Bonchev–Trinajstić information content (AvgIpc) is 2.79. The second-order valence-corrected chi connectivity index (χ2v) is 8.57. The molecule has 31 heavy (non-hydrogen) atoms. The quantitative estimate of drug-likeness (QED) is 0.380. The molecule has 0 bridgehead atoms. The summed E-state index contributed by atoms with van der Waals surface area (Å²) in [5.74, 6) is 0.926. The van der Waals surface area contributed by atoms with Crippen molar-refractivity contribution in [3.05, 3.63) is 88.0 Å². The number of sulfone groups is 1. The minimum absolute atomic E-state index is 0.0956. The lowest BCUT2D eigenvalue weighted by atomic mass is 10.0. The zero-order chi connectivity index (χ0) is 22.6. The molecule has 0 amide bonds. The summed E-state index contributed by atoms with van der Waals surface area (Å²) in [6, 6.07) is 16.5. The van der Waals surface area contributed by atoms with Gasteiger partial charge in [-0.15, -0.1) is 0 Å².